The van der Waals surface area contributed by atoms with Crippen molar-refractivity contribution >= 4 is 11.1 Å². The Labute approximate surface area is 74.7 Å². The van der Waals surface area contributed by atoms with Crippen molar-refractivity contribution in [3.05, 3.63) is 29.6 Å². The van der Waals surface area contributed by atoms with Gasteiger partial charge in [-0.2, -0.15) is 0 Å². The summed E-state index contributed by atoms with van der Waals surface area (Å²) in [6.45, 7) is 0. The highest BCUT2D eigenvalue weighted by Gasteiger charge is 2.14. The van der Waals surface area contributed by atoms with Crippen LogP contribution in [-0.4, -0.2) is 8.76 Å². The molecule has 1 N–H and O–H groups in total. The van der Waals surface area contributed by atoms with Crippen molar-refractivity contribution in [1.29, 1.82) is 0 Å². The molecule has 1 rings (SSSR count). The van der Waals surface area contributed by atoms with Crippen molar-refractivity contribution in [3.63, 3.8) is 0 Å². The highest BCUT2D eigenvalue weighted by atomic mass is 32.2. The SMILES string of the molecule is O=S(O)c1ccc(C(F)F)c(F)c1. The van der Waals surface area contributed by atoms with Crippen LogP contribution in [0.3, 0.4) is 0 Å². The summed E-state index contributed by atoms with van der Waals surface area (Å²) in [5.74, 6) is -1.17. The molecular formula is C7H5F3O2S. The van der Waals surface area contributed by atoms with E-state index < -0.39 is 28.9 Å². The fourth-order valence-electron chi connectivity index (χ4n) is 0.793. The van der Waals surface area contributed by atoms with Gasteiger partial charge in [0.25, 0.3) is 6.43 Å². The van der Waals surface area contributed by atoms with Gasteiger partial charge in [0.15, 0.2) is 11.1 Å². The van der Waals surface area contributed by atoms with Gasteiger partial charge >= 0.3 is 0 Å². The Kier molecular flexibility index (Phi) is 3.05. The van der Waals surface area contributed by atoms with Gasteiger partial charge in [0.2, 0.25) is 0 Å². The van der Waals surface area contributed by atoms with E-state index in [9.17, 15) is 17.4 Å². The molecule has 1 atom stereocenters. The summed E-state index contributed by atoms with van der Waals surface area (Å²) < 4.78 is 55.6. The molecular weight excluding hydrogens is 205 g/mol. The van der Waals surface area contributed by atoms with E-state index in [1.165, 1.54) is 0 Å². The van der Waals surface area contributed by atoms with E-state index in [2.05, 4.69) is 0 Å². The van der Waals surface area contributed by atoms with Crippen LogP contribution in [0.2, 0.25) is 0 Å². The van der Waals surface area contributed by atoms with Gasteiger partial charge in [-0.25, -0.2) is 17.4 Å². The first-order valence-corrected chi connectivity index (χ1v) is 4.31. The van der Waals surface area contributed by atoms with Crippen LogP contribution in [0.1, 0.15) is 12.0 Å². The summed E-state index contributed by atoms with van der Waals surface area (Å²) in [5, 5.41) is 0. The third-order valence-electron chi connectivity index (χ3n) is 1.41. The fourth-order valence-corrected chi connectivity index (χ4v) is 1.18. The largest absolute Gasteiger partial charge is 0.302 e. The minimum atomic E-state index is -2.92. The lowest BCUT2D eigenvalue weighted by Crippen LogP contribution is -1.94. The molecule has 0 radical (unpaired) electrons. The zero-order valence-corrected chi connectivity index (χ0v) is 7.02. The van der Waals surface area contributed by atoms with Crippen molar-refractivity contribution in [3.8, 4) is 0 Å². The van der Waals surface area contributed by atoms with E-state index in [1.807, 2.05) is 0 Å². The molecule has 0 heterocycles. The Morgan fingerprint density at radius 2 is 2.00 bits per heavy atom. The molecule has 0 saturated carbocycles. The van der Waals surface area contributed by atoms with E-state index in [4.69, 9.17) is 4.55 Å². The molecule has 0 bridgehead atoms. The number of halogens is 3. The molecule has 0 aliphatic heterocycles. The maximum atomic E-state index is 12.7. The first-order valence-electron chi connectivity index (χ1n) is 3.21. The Morgan fingerprint density at radius 3 is 2.38 bits per heavy atom. The topological polar surface area (TPSA) is 37.3 Å². The van der Waals surface area contributed by atoms with Gasteiger partial charge in [0.1, 0.15) is 5.82 Å². The average Bonchev–Trinajstić information content (AvgIpc) is 2.03. The average molecular weight is 210 g/mol. The number of hydrogen-bond donors (Lipinski definition) is 1. The van der Waals surface area contributed by atoms with Crippen molar-refractivity contribution < 1.29 is 21.9 Å². The van der Waals surface area contributed by atoms with Gasteiger partial charge in [0.05, 0.1) is 10.5 Å². The quantitative estimate of drug-likeness (QED) is 0.760. The fraction of sp³-hybridized carbons (Fsp3) is 0.143. The second kappa shape index (κ2) is 3.89. The first-order chi connectivity index (χ1) is 6.02. The van der Waals surface area contributed by atoms with Crippen LogP contribution in [0.15, 0.2) is 23.1 Å². The lowest BCUT2D eigenvalue weighted by atomic mass is 10.2. The summed E-state index contributed by atoms with van der Waals surface area (Å²) in [6, 6.07) is 2.40. The third kappa shape index (κ3) is 2.28. The maximum Gasteiger partial charge on any atom is 0.266 e. The molecule has 0 aliphatic rings. The van der Waals surface area contributed by atoms with E-state index in [1.54, 1.807) is 0 Å². The van der Waals surface area contributed by atoms with Crippen LogP contribution in [0.25, 0.3) is 0 Å². The van der Waals surface area contributed by atoms with Crippen molar-refractivity contribution in [2.45, 2.75) is 11.3 Å². The van der Waals surface area contributed by atoms with E-state index in [0.29, 0.717) is 6.07 Å². The molecule has 72 valence electrons. The summed E-state index contributed by atoms with van der Waals surface area (Å²) in [4.78, 5) is -0.234. The molecule has 0 saturated heterocycles. The molecule has 1 unspecified atom stereocenters. The van der Waals surface area contributed by atoms with Gasteiger partial charge in [-0.15, -0.1) is 0 Å². The molecule has 13 heavy (non-hydrogen) atoms. The lowest BCUT2D eigenvalue weighted by Gasteiger charge is -2.02. The highest BCUT2D eigenvalue weighted by molar-refractivity contribution is 7.79. The summed E-state index contributed by atoms with van der Waals surface area (Å²) in [5.41, 5.74) is -0.769. The maximum absolute atomic E-state index is 12.7. The molecule has 1 aromatic carbocycles. The molecule has 0 spiro atoms. The van der Waals surface area contributed by atoms with Crippen molar-refractivity contribution in [2.75, 3.05) is 0 Å². The predicted molar refractivity (Wildman–Crippen MR) is 40.4 cm³/mol. The number of alkyl halides is 2. The Balaban J connectivity index is 3.13. The van der Waals surface area contributed by atoms with E-state index >= 15 is 0 Å². The summed E-state index contributed by atoms with van der Waals surface area (Å²) in [6.07, 6.45) is -2.92. The van der Waals surface area contributed by atoms with Crippen LogP contribution in [0, 0.1) is 5.82 Å². The van der Waals surface area contributed by atoms with Crippen LogP contribution in [-0.2, 0) is 11.1 Å². The van der Waals surface area contributed by atoms with Crippen LogP contribution >= 0.6 is 0 Å². The van der Waals surface area contributed by atoms with Gasteiger partial charge in [0, 0.05) is 0 Å². The zero-order valence-electron chi connectivity index (χ0n) is 6.21. The third-order valence-corrected chi connectivity index (χ3v) is 2.07. The number of benzene rings is 1. The molecule has 0 aliphatic carbocycles. The van der Waals surface area contributed by atoms with Gasteiger partial charge in [-0.05, 0) is 18.2 Å². The minimum Gasteiger partial charge on any atom is -0.302 e. The summed E-state index contributed by atoms with van der Waals surface area (Å²) in [7, 11) is 0. The number of hydrogen-bond acceptors (Lipinski definition) is 1. The second-order valence-corrected chi connectivity index (χ2v) is 3.20. The molecule has 0 fully saturated rings. The predicted octanol–water partition coefficient (Wildman–Crippen LogP) is 2.34. The van der Waals surface area contributed by atoms with Crippen molar-refractivity contribution in [2.24, 2.45) is 0 Å². The normalized spacial score (nSPS) is 13.3. The van der Waals surface area contributed by atoms with Crippen LogP contribution in [0.5, 0.6) is 0 Å². The Hall–Kier alpha value is -0.880. The molecule has 1 aromatic rings. The van der Waals surface area contributed by atoms with E-state index in [-0.39, 0.29) is 4.90 Å². The Bertz CT molecular complexity index is 341. The minimum absolute atomic E-state index is 0.234. The Morgan fingerprint density at radius 1 is 1.38 bits per heavy atom. The van der Waals surface area contributed by atoms with Gasteiger partial charge < -0.3 is 4.55 Å². The highest BCUT2D eigenvalue weighted by Crippen LogP contribution is 2.23. The lowest BCUT2D eigenvalue weighted by molar-refractivity contribution is 0.146. The van der Waals surface area contributed by atoms with Crippen LogP contribution < -0.4 is 0 Å². The van der Waals surface area contributed by atoms with E-state index in [0.717, 1.165) is 12.1 Å². The zero-order chi connectivity index (χ0) is 10.0. The van der Waals surface area contributed by atoms with Gasteiger partial charge in [-0.1, -0.05) is 0 Å². The monoisotopic (exact) mass is 210 g/mol. The molecule has 0 aromatic heterocycles. The smallest absolute Gasteiger partial charge is 0.266 e. The molecule has 2 nitrogen and oxygen atoms in total. The van der Waals surface area contributed by atoms with Gasteiger partial charge in [-0.3, -0.25) is 0 Å². The molecule has 6 heteroatoms. The first kappa shape index (κ1) is 10.2. The van der Waals surface area contributed by atoms with Crippen LogP contribution in [0.4, 0.5) is 13.2 Å². The number of rotatable bonds is 2. The standard InChI is InChI=1S/C7H5F3O2S/c8-6-3-4(13(11)12)1-2-5(6)7(9)10/h1-3,7H,(H,11,12). The molecule has 0 amide bonds. The second-order valence-electron chi connectivity index (χ2n) is 2.23. The van der Waals surface area contributed by atoms with Crippen molar-refractivity contribution in [1.82, 2.24) is 0 Å². The summed E-state index contributed by atoms with van der Waals surface area (Å²) >= 11 is -2.35.